The lowest BCUT2D eigenvalue weighted by atomic mass is 10.0. The fourth-order valence-corrected chi connectivity index (χ4v) is 2.69. The van der Waals surface area contributed by atoms with Crippen LogP contribution in [-0.2, 0) is 4.79 Å². The van der Waals surface area contributed by atoms with Crippen molar-refractivity contribution in [2.75, 3.05) is 45.8 Å². The molecule has 2 N–H and O–H groups in total. The van der Waals surface area contributed by atoms with Crippen LogP contribution in [0.1, 0.15) is 34.1 Å². The summed E-state index contributed by atoms with van der Waals surface area (Å²) in [4.78, 5) is 16.3. The van der Waals surface area contributed by atoms with Gasteiger partial charge in [0.1, 0.15) is 5.54 Å². The van der Waals surface area contributed by atoms with E-state index >= 15 is 0 Å². The standard InChI is InChI=1S/C15H31N3O2/c1-5-6-16-15(4,14(19)20)12-18-9-7-17(8-10-18)11-13(2)3/h13,16H,5-12H2,1-4H3,(H,19,20). The van der Waals surface area contributed by atoms with Gasteiger partial charge < -0.3 is 15.3 Å². The van der Waals surface area contributed by atoms with Crippen molar-refractivity contribution < 1.29 is 9.90 Å². The maximum absolute atomic E-state index is 11.5. The third-order valence-corrected chi connectivity index (χ3v) is 3.87. The van der Waals surface area contributed by atoms with Crippen molar-refractivity contribution in [1.29, 1.82) is 0 Å². The third-order valence-electron chi connectivity index (χ3n) is 3.87. The van der Waals surface area contributed by atoms with Crippen LogP contribution in [0.4, 0.5) is 0 Å². The number of carboxylic acid groups (broad SMARTS) is 1. The van der Waals surface area contributed by atoms with Gasteiger partial charge in [-0.1, -0.05) is 20.8 Å². The molecule has 20 heavy (non-hydrogen) atoms. The summed E-state index contributed by atoms with van der Waals surface area (Å²) in [6.45, 7) is 14.8. The first-order valence-electron chi connectivity index (χ1n) is 7.80. The van der Waals surface area contributed by atoms with Crippen LogP contribution in [0.15, 0.2) is 0 Å². The maximum atomic E-state index is 11.5. The first-order valence-corrected chi connectivity index (χ1v) is 7.80. The summed E-state index contributed by atoms with van der Waals surface area (Å²) in [5, 5.41) is 12.6. The van der Waals surface area contributed by atoms with Crippen molar-refractivity contribution in [2.24, 2.45) is 5.92 Å². The molecule has 0 bridgehead atoms. The van der Waals surface area contributed by atoms with Gasteiger partial charge in [0.25, 0.3) is 0 Å². The molecule has 0 aromatic rings. The highest BCUT2D eigenvalue weighted by molar-refractivity contribution is 5.78. The van der Waals surface area contributed by atoms with Gasteiger partial charge in [0.2, 0.25) is 0 Å². The highest BCUT2D eigenvalue weighted by atomic mass is 16.4. The summed E-state index contributed by atoms with van der Waals surface area (Å²) >= 11 is 0. The van der Waals surface area contributed by atoms with Crippen LogP contribution in [0, 0.1) is 5.92 Å². The van der Waals surface area contributed by atoms with Gasteiger partial charge in [-0.3, -0.25) is 9.69 Å². The van der Waals surface area contributed by atoms with E-state index < -0.39 is 11.5 Å². The summed E-state index contributed by atoms with van der Waals surface area (Å²) in [6.07, 6.45) is 0.949. The van der Waals surface area contributed by atoms with Gasteiger partial charge in [-0.25, -0.2) is 0 Å². The molecular formula is C15H31N3O2. The number of carbonyl (C=O) groups is 1. The molecule has 0 aromatic heterocycles. The number of piperazine rings is 1. The van der Waals surface area contributed by atoms with Crippen molar-refractivity contribution in [3.05, 3.63) is 0 Å². The van der Waals surface area contributed by atoms with Gasteiger partial charge >= 0.3 is 5.97 Å². The zero-order chi connectivity index (χ0) is 15.2. The lowest BCUT2D eigenvalue weighted by Crippen LogP contribution is -2.60. The molecule has 0 aromatic carbocycles. The third kappa shape index (κ3) is 5.38. The Balaban J connectivity index is 2.45. The summed E-state index contributed by atoms with van der Waals surface area (Å²) < 4.78 is 0. The van der Waals surface area contributed by atoms with E-state index in [0.717, 1.165) is 45.7 Å². The Hall–Kier alpha value is -0.650. The molecule has 1 fully saturated rings. The summed E-state index contributed by atoms with van der Waals surface area (Å²) in [6, 6.07) is 0. The van der Waals surface area contributed by atoms with E-state index in [1.165, 1.54) is 0 Å². The minimum atomic E-state index is -0.837. The SMILES string of the molecule is CCCNC(C)(CN1CCN(CC(C)C)CC1)C(=O)O. The summed E-state index contributed by atoms with van der Waals surface area (Å²) in [5.41, 5.74) is -0.837. The Kier molecular flexibility index (Phi) is 6.92. The number of nitrogens with zero attached hydrogens (tertiary/aromatic N) is 2. The second-order valence-corrected chi connectivity index (χ2v) is 6.53. The molecule has 0 saturated carbocycles. The average Bonchev–Trinajstić information content (AvgIpc) is 2.38. The molecule has 1 heterocycles. The highest BCUT2D eigenvalue weighted by Crippen LogP contribution is 2.11. The van der Waals surface area contributed by atoms with Crippen LogP contribution < -0.4 is 5.32 Å². The highest BCUT2D eigenvalue weighted by Gasteiger charge is 2.35. The van der Waals surface area contributed by atoms with Crippen LogP contribution in [0.2, 0.25) is 0 Å². The van der Waals surface area contributed by atoms with Gasteiger partial charge in [-0.2, -0.15) is 0 Å². The minimum absolute atomic E-state index is 0.581. The molecule has 1 rings (SSSR count). The van der Waals surface area contributed by atoms with Crippen molar-refractivity contribution in [3.8, 4) is 0 Å². The van der Waals surface area contributed by atoms with E-state index in [4.69, 9.17) is 0 Å². The van der Waals surface area contributed by atoms with Crippen LogP contribution in [-0.4, -0.2) is 72.2 Å². The molecule has 1 aliphatic heterocycles. The fourth-order valence-electron chi connectivity index (χ4n) is 2.69. The van der Waals surface area contributed by atoms with Crippen molar-refractivity contribution >= 4 is 5.97 Å². The molecule has 1 atom stereocenters. The Labute approximate surface area is 123 Å². The molecule has 0 spiro atoms. The number of carboxylic acids is 1. The Bertz CT molecular complexity index is 301. The summed E-state index contributed by atoms with van der Waals surface area (Å²) in [7, 11) is 0. The molecule has 0 amide bonds. The maximum Gasteiger partial charge on any atom is 0.324 e. The number of hydrogen-bond donors (Lipinski definition) is 2. The van der Waals surface area contributed by atoms with E-state index in [9.17, 15) is 9.90 Å². The fraction of sp³-hybridized carbons (Fsp3) is 0.933. The van der Waals surface area contributed by atoms with Crippen molar-refractivity contribution in [3.63, 3.8) is 0 Å². The molecule has 1 unspecified atom stereocenters. The average molecular weight is 285 g/mol. The molecule has 5 heteroatoms. The van der Waals surface area contributed by atoms with Crippen LogP contribution in [0.3, 0.4) is 0 Å². The topological polar surface area (TPSA) is 55.8 Å². The number of nitrogens with one attached hydrogen (secondary N) is 1. The quantitative estimate of drug-likeness (QED) is 0.699. The second kappa shape index (κ2) is 7.96. The van der Waals surface area contributed by atoms with Gasteiger partial charge in [0.15, 0.2) is 0 Å². The first kappa shape index (κ1) is 17.4. The van der Waals surface area contributed by atoms with Gasteiger partial charge in [0, 0.05) is 39.3 Å². The molecule has 0 aliphatic carbocycles. The zero-order valence-corrected chi connectivity index (χ0v) is 13.5. The van der Waals surface area contributed by atoms with E-state index in [2.05, 4.69) is 35.9 Å². The molecule has 5 nitrogen and oxygen atoms in total. The van der Waals surface area contributed by atoms with E-state index in [1.54, 1.807) is 6.92 Å². The minimum Gasteiger partial charge on any atom is -0.480 e. The van der Waals surface area contributed by atoms with Gasteiger partial charge in [0.05, 0.1) is 0 Å². The molecular weight excluding hydrogens is 254 g/mol. The first-order chi connectivity index (χ1) is 9.37. The van der Waals surface area contributed by atoms with Crippen LogP contribution in [0.5, 0.6) is 0 Å². The predicted octanol–water partition coefficient (Wildman–Crippen LogP) is 1.10. The smallest absolute Gasteiger partial charge is 0.324 e. The zero-order valence-electron chi connectivity index (χ0n) is 13.5. The van der Waals surface area contributed by atoms with Crippen LogP contribution >= 0.6 is 0 Å². The Morgan fingerprint density at radius 2 is 1.80 bits per heavy atom. The molecule has 1 saturated heterocycles. The molecule has 1 aliphatic rings. The molecule has 0 radical (unpaired) electrons. The number of aliphatic carboxylic acids is 1. The monoisotopic (exact) mass is 285 g/mol. The van der Waals surface area contributed by atoms with Crippen molar-refractivity contribution in [1.82, 2.24) is 15.1 Å². The Morgan fingerprint density at radius 1 is 1.25 bits per heavy atom. The second-order valence-electron chi connectivity index (χ2n) is 6.53. The molecule has 118 valence electrons. The van der Waals surface area contributed by atoms with Gasteiger partial charge in [-0.15, -0.1) is 0 Å². The number of rotatable bonds is 8. The lowest BCUT2D eigenvalue weighted by Gasteiger charge is -2.39. The lowest BCUT2D eigenvalue weighted by molar-refractivity contribution is -0.145. The normalized spacial score (nSPS) is 21.1. The Morgan fingerprint density at radius 3 is 2.25 bits per heavy atom. The van der Waals surface area contributed by atoms with Gasteiger partial charge in [-0.05, 0) is 25.8 Å². The largest absolute Gasteiger partial charge is 0.480 e. The number of hydrogen-bond acceptors (Lipinski definition) is 4. The summed E-state index contributed by atoms with van der Waals surface area (Å²) in [5.74, 6) is -0.0624. The van der Waals surface area contributed by atoms with Crippen molar-refractivity contribution in [2.45, 2.75) is 39.7 Å². The van der Waals surface area contributed by atoms with E-state index in [1.807, 2.05) is 0 Å². The van der Waals surface area contributed by atoms with E-state index in [-0.39, 0.29) is 0 Å². The van der Waals surface area contributed by atoms with Crippen LogP contribution in [0.25, 0.3) is 0 Å². The predicted molar refractivity (Wildman–Crippen MR) is 82.1 cm³/mol. The van der Waals surface area contributed by atoms with E-state index in [0.29, 0.717) is 12.5 Å².